The Kier molecular flexibility index (Phi) is 5.85. The summed E-state index contributed by atoms with van der Waals surface area (Å²) in [4.78, 5) is 15.9. The number of halogens is 4. The van der Waals surface area contributed by atoms with E-state index >= 15 is 0 Å². The second-order valence-corrected chi connectivity index (χ2v) is 6.23. The van der Waals surface area contributed by atoms with E-state index in [9.17, 15) is 22.4 Å². The first-order chi connectivity index (χ1) is 11.2. The molecule has 1 fully saturated rings. The molecule has 0 radical (unpaired) electrons. The molecular weight excluding hydrogens is 324 g/mol. The number of carbonyl (C=O) groups is 1. The number of amides is 1. The molecule has 0 N–H and O–H groups in total. The van der Waals surface area contributed by atoms with Crippen LogP contribution in [0, 0.1) is 5.82 Å². The fourth-order valence-electron chi connectivity index (χ4n) is 2.99. The van der Waals surface area contributed by atoms with E-state index in [1.807, 2.05) is 11.8 Å². The molecule has 7 heteroatoms. The Hall–Kier alpha value is -1.63. The van der Waals surface area contributed by atoms with Gasteiger partial charge in [-0.2, -0.15) is 13.2 Å². The third-order valence-corrected chi connectivity index (χ3v) is 4.33. The summed E-state index contributed by atoms with van der Waals surface area (Å²) in [5, 5.41) is 0. The average Bonchev–Trinajstić information content (AvgIpc) is 2.49. The van der Waals surface area contributed by atoms with Gasteiger partial charge in [-0.25, -0.2) is 4.39 Å². The summed E-state index contributed by atoms with van der Waals surface area (Å²) in [7, 11) is 1.72. The molecule has 1 aromatic carbocycles. The van der Waals surface area contributed by atoms with E-state index in [-0.39, 0.29) is 24.1 Å². The third kappa shape index (κ3) is 4.47. The molecule has 1 aliphatic rings. The van der Waals surface area contributed by atoms with Crippen molar-refractivity contribution in [2.24, 2.45) is 0 Å². The van der Waals surface area contributed by atoms with Crippen LogP contribution >= 0.6 is 0 Å². The highest BCUT2D eigenvalue weighted by Gasteiger charge is 2.34. The monoisotopic (exact) mass is 346 g/mol. The van der Waals surface area contributed by atoms with Crippen molar-refractivity contribution >= 4 is 5.91 Å². The first-order valence-corrected chi connectivity index (χ1v) is 8.08. The third-order valence-electron chi connectivity index (χ3n) is 4.33. The quantitative estimate of drug-likeness (QED) is 0.760. The molecule has 1 aromatic rings. The summed E-state index contributed by atoms with van der Waals surface area (Å²) in [5.41, 5.74) is -0.760. The van der Waals surface area contributed by atoms with Gasteiger partial charge in [0.25, 0.3) is 0 Å². The summed E-state index contributed by atoms with van der Waals surface area (Å²) in [6.45, 7) is 3.23. The van der Waals surface area contributed by atoms with Crippen LogP contribution in [0.5, 0.6) is 0 Å². The molecule has 134 valence electrons. The van der Waals surface area contributed by atoms with Crippen LogP contribution < -0.4 is 0 Å². The Labute approximate surface area is 139 Å². The summed E-state index contributed by atoms with van der Waals surface area (Å²) in [5.74, 6) is -0.937. The van der Waals surface area contributed by atoms with Gasteiger partial charge in [0.05, 0.1) is 11.6 Å². The molecule has 0 saturated carbocycles. The number of unbranched alkanes of at least 4 members (excludes halogenated alkanes) is 1. The van der Waals surface area contributed by atoms with Gasteiger partial charge in [0.15, 0.2) is 0 Å². The summed E-state index contributed by atoms with van der Waals surface area (Å²) in [6.07, 6.45) is -2.14. The molecule has 1 aliphatic heterocycles. The number of likely N-dealkylation sites (N-methyl/N-ethyl adjacent to an activating group) is 1. The lowest BCUT2D eigenvalue weighted by atomic mass is 10.0. The van der Waals surface area contributed by atoms with Gasteiger partial charge in [-0.1, -0.05) is 19.8 Å². The average molecular weight is 346 g/mol. The summed E-state index contributed by atoms with van der Waals surface area (Å²) >= 11 is 0. The van der Waals surface area contributed by atoms with Crippen molar-refractivity contribution in [2.45, 2.75) is 44.9 Å². The lowest BCUT2D eigenvalue weighted by molar-refractivity contribution is -0.141. The number of alkyl halides is 3. The maximum atomic E-state index is 13.6. The highest BCUT2D eigenvalue weighted by Crippen LogP contribution is 2.31. The second kappa shape index (κ2) is 7.51. The SMILES string of the molecule is CCCCC1C(=O)N(C)CCN1Cc1cc(F)cc(C(F)(F)F)c1. The van der Waals surface area contributed by atoms with Crippen LogP contribution in [-0.2, 0) is 17.5 Å². The van der Waals surface area contributed by atoms with Crippen LogP contribution in [0.25, 0.3) is 0 Å². The standard InChI is InChI=1S/C17H22F4N2O/c1-3-4-5-15-16(24)22(2)6-7-23(15)11-12-8-13(17(19,20)21)10-14(18)9-12/h8-10,15H,3-7,11H2,1-2H3. The molecule has 1 unspecified atom stereocenters. The first kappa shape index (κ1) is 18.7. The first-order valence-electron chi connectivity index (χ1n) is 8.08. The Morgan fingerprint density at radius 1 is 1.21 bits per heavy atom. The predicted octanol–water partition coefficient (Wildman–Crippen LogP) is 3.68. The van der Waals surface area contributed by atoms with Gasteiger partial charge in [0.1, 0.15) is 5.82 Å². The van der Waals surface area contributed by atoms with Gasteiger partial charge in [0.2, 0.25) is 5.91 Å². The molecule has 0 bridgehead atoms. The van der Waals surface area contributed by atoms with Gasteiger partial charge in [0, 0.05) is 26.7 Å². The zero-order valence-corrected chi connectivity index (χ0v) is 13.9. The van der Waals surface area contributed by atoms with Gasteiger partial charge in [-0.3, -0.25) is 9.69 Å². The van der Waals surface area contributed by atoms with Crippen LogP contribution in [0.15, 0.2) is 18.2 Å². The van der Waals surface area contributed by atoms with Crippen LogP contribution in [0.4, 0.5) is 17.6 Å². The Balaban J connectivity index is 2.21. The van der Waals surface area contributed by atoms with Crippen molar-refractivity contribution in [3.63, 3.8) is 0 Å². The zero-order chi connectivity index (χ0) is 17.9. The van der Waals surface area contributed by atoms with Crippen molar-refractivity contribution in [1.29, 1.82) is 0 Å². The molecule has 3 nitrogen and oxygen atoms in total. The molecule has 0 spiro atoms. The lowest BCUT2D eigenvalue weighted by Crippen LogP contribution is -2.55. The fraction of sp³-hybridized carbons (Fsp3) is 0.588. The van der Waals surface area contributed by atoms with E-state index < -0.39 is 17.6 Å². The number of hydrogen-bond acceptors (Lipinski definition) is 2. The van der Waals surface area contributed by atoms with Crippen molar-refractivity contribution in [1.82, 2.24) is 9.80 Å². The number of rotatable bonds is 5. The molecule has 1 heterocycles. The molecular formula is C17H22F4N2O. The largest absolute Gasteiger partial charge is 0.416 e. The van der Waals surface area contributed by atoms with E-state index in [1.165, 1.54) is 0 Å². The molecule has 1 saturated heterocycles. The summed E-state index contributed by atoms with van der Waals surface area (Å²) < 4.78 is 52.1. The van der Waals surface area contributed by atoms with E-state index in [0.29, 0.717) is 25.6 Å². The highest BCUT2D eigenvalue weighted by atomic mass is 19.4. The fourth-order valence-corrected chi connectivity index (χ4v) is 2.99. The zero-order valence-electron chi connectivity index (χ0n) is 13.9. The van der Waals surface area contributed by atoms with Gasteiger partial charge in [-0.15, -0.1) is 0 Å². The Morgan fingerprint density at radius 3 is 2.54 bits per heavy atom. The Morgan fingerprint density at radius 2 is 1.92 bits per heavy atom. The molecule has 2 rings (SSSR count). The number of piperazine rings is 1. The smallest absolute Gasteiger partial charge is 0.343 e. The van der Waals surface area contributed by atoms with Crippen LogP contribution in [0.2, 0.25) is 0 Å². The second-order valence-electron chi connectivity index (χ2n) is 6.23. The number of nitrogens with zero attached hydrogens (tertiary/aromatic N) is 2. The van der Waals surface area contributed by atoms with E-state index in [4.69, 9.17) is 0 Å². The van der Waals surface area contributed by atoms with Crippen molar-refractivity contribution < 1.29 is 22.4 Å². The minimum absolute atomic E-state index is 0.0258. The van der Waals surface area contributed by atoms with Crippen molar-refractivity contribution in [3.05, 3.63) is 35.1 Å². The van der Waals surface area contributed by atoms with Crippen molar-refractivity contribution in [3.8, 4) is 0 Å². The number of benzene rings is 1. The van der Waals surface area contributed by atoms with Gasteiger partial charge < -0.3 is 4.90 Å². The Bertz CT molecular complexity index is 588. The number of hydrogen-bond donors (Lipinski definition) is 0. The van der Waals surface area contributed by atoms with E-state index in [2.05, 4.69) is 0 Å². The van der Waals surface area contributed by atoms with E-state index in [1.54, 1.807) is 11.9 Å². The predicted molar refractivity (Wildman–Crippen MR) is 82.8 cm³/mol. The highest BCUT2D eigenvalue weighted by molar-refractivity contribution is 5.82. The maximum Gasteiger partial charge on any atom is 0.416 e. The van der Waals surface area contributed by atoms with Crippen LogP contribution in [0.3, 0.4) is 0 Å². The minimum atomic E-state index is -4.59. The van der Waals surface area contributed by atoms with E-state index in [0.717, 1.165) is 25.0 Å². The summed E-state index contributed by atoms with van der Waals surface area (Å²) in [6, 6.07) is 2.20. The molecule has 1 amide bonds. The minimum Gasteiger partial charge on any atom is -0.343 e. The lowest BCUT2D eigenvalue weighted by Gasteiger charge is -2.39. The van der Waals surface area contributed by atoms with Crippen LogP contribution in [-0.4, -0.2) is 41.9 Å². The topological polar surface area (TPSA) is 23.6 Å². The normalized spacial score (nSPS) is 19.8. The molecule has 0 aliphatic carbocycles. The molecule has 0 aromatic heterocycles. The maximum absolute atomic E-state index is 13.6. The van der Waals surface area contributed by atoms with Crippen LogP contribution in [0.1, 0.15) is 37.3 Å². The molecule has 1 atom stereocenters. The van der Waals surface area contributed by atoms with Gasteiger partial charge >= 0.3 is 6.18 Å². The molecule has 24 heavy (non-hydrogen) atoms. The van der Waals surface area contributed by atoms with Gasteiger partial charge in [-0.05, 0) is 30.2 Å². The van der Waals surface area contributed by atoms with Crippen molar-refractivity contribution in [2.75, 3.05) is 20.1 Å². The number of carbonyl (C=O) groups excluding carboxylic acids is 1.